The third-order valence-corrected chi connectivity index (χ3v) is 4.67. The molecule has 0 radical (unpaired) electrons. The minimum atomic E-state index is -0.0700. The van der Waals surface area contributed by atoms with Crippen LogP contribution in [-0.2, 0) is 7.05 Å². The van der Waals surface area contributed by atoms with Gasteiger partial charge in [-0.25, -0.2) is 4.98 Å². The molecule has 1 fully saturated rings. The second-order valence-electron chi connectivity index (χ2n) is 6.05. The summed E-state index contributed by atoms with van der Waals surface area (Å²) in [5, 5.41) is 4.90. The third kappa shape index (κ3) is 2.50. The molecule has 0 atom stereocenters. The second kappa shape index (κ2) is 5.53. The van der Waals surface area contributed by atoms with Crippen LogP contribution in [0.3, 0.4) is 0 Å². The van der Waals surface area contributed by atoms with E-state index in [0.29, 0.717) is 17.3 Å². The fourth-order valence-corrected chi connectivity index (χ4v) is 3.40. The average Bonchev–Trinajstić information content (AvgIpc) is 3.01. The number of nitrogens with one attached hydrogen (secondary N) is 1. The van der Waals surface area contributed by atoms with Gasteiger partial charge in [0.2, 0.25) is 5.95 Å². The highest BCUT2D eigenvalue weighted by Crippen LogP contribution is 2.28. The number of aromatic amines is 1. The van der Waals surface area contributed by atoms with Gasteiger partial charge in [-0.1, -0.05) is 12.1 Å². The van der Waals surface area contributed by atoms with Crippen molar-refractivity contribution in [3.8, 4) is 0 Å². The van der Waals surface area contributed by atoms with Crippen molar-refractivity contribution in [1.29, 1.82) is 0 Å². The highest BCUT2D eigenvalue weighted by Gasteiger charge is 2.24. The molecule has 1 aromatic carbocycles. The van der Waals surface area contributed by atoms with Crippen LogP contribution in [0.2, 0.25) is 0 Å². The lowest BCUT2D eigenvalue weighted by Gasteiger charge is -2.32. The summed E-state index contributed by atoms with van der Waals surface area (Å²) >= 11 is 0. The van der Waals surface area contributed by atoms with E-state index in [1.165, 1.54) is 5.69 Å². The van der Waals surface area contributed by atoms with E-state index in [2.05, 4.69) is 26.0 Å². The van der Waals surface area contributed by atoms with Crippen LogP contribution < -0.4 is 10.5 Å². The van der Waals surface area contributed by atoms with Crippen molar-refractivity contribution in [3.63, 3.8) is 0 Å². The van der Waals surface area contributed by atoms with Crippen molar-refractivity contribution in [2.45, 2.75) is 18.8 Å². The molecule has 0 aliphatic carbocycles. The van der Waals surface area contributed by atoms with Crippen LogP contribution in [0, 0.1) is 0 Å². The van der Waals surface area contributed by atoms with Gasteiger partial charge in [-0.05, 0) is 31.0 Å². The van der Waals surface area contributed by atoms with E-state index in [0.717, 1.165) is 31.4 Å². The molecule has 1 aliphatic heterocycles. The maximum Gasteiger partial charge on any atom is 0.260 e. The van der Waals surface area contributed by atoms with Crippen molar-refractivity contribution < 1.29 is 0 Å². The van der Waals surface area contributed by atoms with Gasteiger partial charge in [0.1, 0.15) is 0 Å². The zero-order valence-electron chi connectivity index (χ0n) is 13.1. The molecule has 0 saturated carbocycles. The van der Waals surface area contributed by atoms with Gasteiger partial charge in [0.05, 0.1) is 10.9 Å². The average molecular weight is 309 g/mol. The molecular formula is C17H19N5O. The quantitative estimate of drug-likeness (QED) is 0.786. The Hall–Kier alpha value is -2.63. The molecule has 0 unspecified atom stereocenters. The summed E-state index contributed by atoms with van der Waals surface area (Å²) in [6.45, 7) is 1.77. The van der Waals surface area contributed by atoms with Gasteiger partial charge in [0.15, 0.2) is 0 Å². The van der Waals surface area contributed by atoms with Crippen LogP contribution in [0.5, 0.6) is 0 Å². The van der Waals surface area contributed by atoms with Crippen molar-refractivity contribution in [1.82, 2.24) is 19.7 Å². The largest absolute Gasteiger partial charge is 0.342 e. The summed E-state index contributed by atoms with van der Waals surface area (Å²) in [7, 11) is 1.99. The smallest absolute Gasteiger partial charge is 0.260 e. The minimum Gasteiger partial charge on any atom is -0.342 e. The fourth-order valence-electron chi connectivity index (χ4n) is 3.40. The molecule has 1 N–H and O–H groups in total. The van der Waals surface area contributed by atoms with Gasteiger partial charge in [-0.2, -0.15) is 5.10 Å². The van der Waals surface area contributed by atoms with Crippen LogP contribution in [0.1, 0.15) is 24.5 Å². The summed E-state index contributed by atoms with van der Waals surface area (Å²) < 4.78 is 1.95. The normalized spacial score (nSPS) is 16.1. The number of nitrogens with zero attached hydrogens (tertiary/aromatic N) is 4. The number of piperidine rings is 1. The van der Waals surface area contributed by atoms with Gasteiger partial charge in [0.25, 0.3) is 5.56 Å². The monoisotopic (exact) mass is 309 g/mol. The molecule has 23 heavy (non-hydrogen) atoms. The molecule has 2 aromatic heterocycles. The van der Waals surface area contributed by atoms with Gasteiger partial charge in [-0.3, -0.25) is 14.5 Å². The Morgan fingerprint density at radius 3 is 2.70 bits per heavy atom. The number of aryl methyl sites for hydroxylation is 1. The number of anilines is 1. The molecular weight excluding hydrogens is 290 g/mol. The van der Waals surface area contributed by atoms with E-state index in [1.807, 2.05) is 36.1 Å². The SMILES string of the molecule is Cn1nccc1C1CCN(c2nc3ccccc3c(=O)[nH]2)CC1. The number of para-hydroxylation sites is 1. The zero-order chi connectivity index (χ0) is 15.8. The van der Waals surface area contributed by atoms with Gasteiger partial charge in [-0.15, -0.1) is 0 Å². The number of hydrogen-bond donors (Lipinski definition) is 1. The Bertz CT molecular complexity index is 889. The molecule has 3 heterocycles. The zero-order valence-corrected chi connectivity index (χ0v) is 13.1. The Labute approximate surface area is 133 Å². The lowest BCUT2D eigenvalue weighted by Crippen LogP contribution is -2.35. The summed E-state index contributed by atoms with van der Waals surface area (Å²) in [5.74, 6) is 1.20. The summed E-state index contributed by atoms with van der Waals surface area (Å²) in [4.78, 5) is 21.9. The second-order valence-corrected chi connectivity index (χ2v) is 6.05. The first-order valence-corrected chi connectivity index (χ1v) is 7.94. The van der Waals surface area contributed by atoms with E-state index in [1.54, 1.807) is 6.07 Å². The van der Waals surface area contributed by atoms with Crippen LogP contribution in [0.25, 0.3) is 10.9 Å². The van der Waals surface area contributed by atoms with Crippen LogP contribution >= 0.6 is 0 Å². The van der Waals surface area contributed by atoms with Crippen LogP contribution in [0.4, 0.5) is 5.95 Å². The number of aromatic nitrogens is 4. The molecule has 1 saturated heterocycles. The predicted octanol–water partition coefficient (Wildman–Crippen LogP) is 2.04. The maximum absolute atomic E-state index is 12.2. The van der Waals surface area contributed by atoms with Crippen LogP contribution in [0.15, 0.2) is 41.3 Å². The topological polar surface area (TPSA) is 66.8 Å². The highest BCUT2D eigenvalue weighted by molar-refractivity contribution is 5.78. The standard InChI is InChI=1S/C17H19N5O/c1-21-15(6-9-18-21)12-7-10-22(11-8-12)17-19-14-5-3-2-4-13(14)16(23)20-17/h2-6,9,12H,7-8,10-11H2,1H3,(H,19,20,23). The van der Waals surface area contributed by atoms with Crippen molar-refractivity contribution in [2.24, 2.45) is 7.05 Å². The highest BCUT2D eigenvalue weighted by atomic mass is 16.1. The molecule has 3 aromatic rings. The summed E-state index contributed by atoms with van der Waals surface area (Å²) in [5.41, 5.74) is 1.96. The number of H-pyrrole nitrogens is 1. The maximum atomic E-state index is 12.2. The lowest BCUT2D eigenvalue weighted by molar-refractivity contribution is 0.473. The third-order valence-electron chi connectivity index (χ3n) is 4.67. The Morgan fingerprint density at radius 1 is 1.17 bits per heavy atom. The summed E-state index contributed by atoms with van der Waals surface area (Å²) in [6, 6.07) is 9.55. The van der Waals surface area contributed by atoms with E-state index < -0.39 is 0 Å². The Morgan fingerprint density at radius 2 is 1.96 bits per heavy atom. The van der Waals surface area contributed by atoms with E-state index >= 15 is 0 Å². The molecule has 6 heteroatoms. The Balaban J connectivity index is 1.57. The molecule has 1 aliphatic rings. The molecule has 118 valence electrons. The van der Waals surface area contributed by atoms with Crippen molar-refractivity contribution >= 4 is 16.9 Å². The predicted molar refractivity (Wildman–Crippen MR) is 89.8 cm³/mol. The number of rotatable bonds is 2. The first kappa shape index (κ1) is 14.0. The summed E-state index contributed by atoms with van der Waals surface area (Å²) in [6.07, 6.45) is 3.93. The number of benzene rings is 1. The van der Waals surface area contributed by atoms with E-state index in [9.17, 15) is 4.79 Å². The van der Waals surface area contributed by atoms with Gasteiger partial charge >= 0.3 is 0 Å². The lowest BCUT2D eigenvalue weighted by atomic mass is 9.93. The van der Waals surface area contributed by atoms with Gasteiger partial charge < -0.3 is 4.90 Å². The van der Waals surface area contributed by atoms with Crippen molar-refractivity contribution in [3.05, 3.63) is 52.6 Å². The Kier molecular flexibility index (Phi) is 3.37. The number of fused-ring (bicyclic) bond motifs is 1. The fraction of sp³-hybridized carbons (Fsp3) is 0.353. The molecule has 4 rings (SSSR count). The van der Waals surface area contributed by atoms with Gasteiger partial charge in [0, 0.05) is 37.9 Å². The minimum absolute atomic E-state index is 0.0700. The first-order chi connectivity index (χ1) is 11.2. The number of hydrogen-bond acceptors (Lipinski definition) is 4. The molecule has 0 amide bonds. The van der Waals surface area contributed by atoms with Crippen LogP contribution in [-0.4, -0.2) is 32.8 Å². The molecule has 0 bridgehead atoms. The molecule has 0 spiro atoms. The van der Waals surface area contributed by atoms with Crippen molar-refractivity contribution in [2.75, 3.05) is 18.0 Å². The van der Waals surface area contributed by atoms with E-state index in [4.69, 9.17) is 0 Å². The van der Waals surface area contributed by atoms with E-state index in [-0.39, 0.29) is 5.56 Å². The molecule has 6 nitrogen and oxygen atoms in total. The first-order valence-electron chi connectivity index (χ1n) is 7.94.